The molecule has 0 saturated heterocycles. The Morgan fingerprint density at radius 3 is 2.67 bits per heavy atom. The van der Waals surface area contributed by atoms with Gasteiger partial charge in [0.2, 0.25) is 11.7 Å². The average molecular weight is 244 g/mol. The van der Waals surface area contributed by atoms with Crippen LogP contribution in [0.1, 0.15) is 19.8 Å². The lowest BCUT2D eigenvalue weighted by Crippen LogP contribution is -2.10. The molecule has 1 amide bonds. The van der Waals surface area contributed by atoms with Crippen LogP contribution in [0.3, 0.4) is 0 Å². The van der Waals surface area contributed by atoms with Gasteiger partial charge in [-0.25, -0.2) is 0 Å². The van der Waals surface area contributed by atoms with Crippen LogP contribution >= 0.6 is 0 Å². The maximum atomic E-state index is 11.4. The second-order valence-electron chi connectivity index (χ2n) is 3.60. The van der Waals surface area contributed by atoms with E-state index in [4.69, 9.17) is 0 Å². The normalized spacial score (nSPS) is 10.1. The van der Waals surface area contributed by atoms with Crippen LogP contribution in [0.15, 0.2) is 24.7 Å². The molecular formula is C11H12N6O. The topological polar surface area (TPSA) is 93.6 Å². The van der Waals surface area contributed by atoms with E-state index < -0.39 is 0 Å². The molecule has 0 spiro atoms. The summed E-state index contributed by atoms with van der Waals surface area (Å²) in [4.78, 5) is 15.5. The number of carbonyl (C=O) groups excluding carboxylic acids is 1. The largest absolute Gasteiger partial charge is 0.325 e. The van der Waals surface area contributed by atoms with Crippen molar-refractivity contribution in [1.82, 2.24) is 25.4 Å². The van der Waals surface area contributed by atoms with Gasteiger partial charge in [-0.1, -0.05) is 6.92 Å². The molecule has 18 heavy (non-hydrogen) atoms. The molecule has 1 N–H and O–H groups in total. The lowest BCUT2D eigenvalue weighted by atomic mass is 10.3. The van der Waals surface area contributed by atoms with Gasteiger partial charge in [-0.05, 0) is 18.6 Å². The molecule has 0 aromatic carbocycles. The number of rotatable bonds is 4. The summed E-state index contributed by atoms with van der Waals surface area (Å²) in [5.74, 6) is 0.329. The van der Waals surface area contributed by atoms with E-state index in [0.29, 0.717) is 23.6 Å². The molecule has 0 unspecified atom stereocenters. The molecule has 0 aliphatic heterocycles. The van der Waals surface area contributed by atoms with E-state index in [2.05, 4.69) is 30.7 Å². The molecule has 0 bridgehead atoms. The fraction of sp³-hybridized carbons (Fsp3) is 0.273. The van der Waals surface area contributed by atoms with Crippen molar-refractivity contribution in [2.45, 2.75) is 19.8 Å². The summed E-state index contributed by atoms with van der Waals surface area (Å²) in [5, 5.41) is 17.6. The van der Waals surface area contributed by atoms with Crippen LogP contribution in [0.25, 0.3) is 11.5 Å². The summed E-state index contributed by atoms with van der Waals surface area (Å²) >= 11 is 0. The number of nitrogens with one attached hydrogen (secondary N) is 1. The number of pyridine rings is 1. The Balaban J connectivity index is 2.09. The van der Waals surface area contributed by atoms with Crippen LogP contribution in [0.4, 0.5) is 5.69 Å². The number of amides is 1. The summed E-state index contributed by atoms with van der Waals surface area (Å²) < 4.78 is 0. The van der Waals surface area contributed by atoms with Gasteiger partial charge in [-0.2, -0.15) is 0 Å². The molecule has 2 rings (SSSR count). The Labute approximate surface area is 104 Å². The molecule has 2 aromatic heterocycles. The summed E-state index contributed by atoms with van der Waals surface area (Å²) in [7, 11) is 0. The number of hydrogen-bond donors (Lipinski definition) is 1. The highest BCUT2D eigenvalue weighted by molar-refractivity contribution is 5.90. The third-order valence-corrected chi connectivity index (χ3v) is 2.16. The Kier molecular flexibility index (Phi) is 3.85. The Morgan fingerprint density at radius 1 is 1.28 bits per heavy atom. The van der Waals surface area contributed by atoms with E-state index in [1.54, 1.807) is 18.3 Å². The van der Waals surface area contributed by atoms with E-state index in [1.807, 2.05) is 6.92 Å². The van der Waals surface area contributed by atoms with Gasteiger partial charge in [0.15, 0.2) is 6.33 Å². The third-order valence-electron chi connectivity index (χ3n) is 2.16. The number of aromatic nitrogens is 5. The van der Waals surface area contributed by atoms with Crippen LogP contribution in [0.5, 0.6) is 0 Å². The Hall–Kier alpha value is -2.44. The van der Waals surface area contributed by atoms with Gasteiger partial charge in [-0.3, -0.25) is 9.78 Å². The zero-order chi connectivity index (χ0) is 12.8. The molecule has 7 nitrogen and oxygen atoms in total. The molecule has 2 aromatic rings. The van der Waals surface area contributed by atoms with Gasteiger partial charge >= 0.3 is 0 Å². The summed E-state index contributed by atoms with van der Waals surface area (Å²) in [5.41, 5.74) is 1.21. The highest BCUT2D eigenvalue weighted by Crippen LogP contribution is 2.13. The molecular weight excluding hydrogens is 232 g/mol. The minimum absolute atomic E-state index is 0.0219. The molecule has 92 valence electrons. The van der Waals surface area contributed by atoms with Crippen LogP contribution < -0.4 is 5.32 Å². The highest BCUT2D eigenvalue weighted by Gasteiger charge is 2.05. The third kappa shape index (κ3) is 3.03. The van der Waals surface area contributed by atoms with Crippen molar-refractivity contribution >= 4 is 11.6 Å². The number of nitrogens with zero attached hydrogens (tertiary/aromatic N) is 5. The first-order valence-electron chi connectivity index (χ1n) is 5.56. The molecule has 0 atom stereocenters. The second-order valence-corrected chi connectivity index (χ2v) is 3.60. The highest BCUT2D eigenvalue weighted by atomic mass is 16.1. The number of hydrogen-bond acceptors (Lipinski definition) is 6. The van der Waals surface area contributed by atoms with Crippen LogP contribution in [-0.2, 0) is 4.79 Å². The minimum atomic E-state index is -0.0219. The monoisotopic (exact) mass is 244 g/mol. The Morgan fingerprint density at radius 2 is 2.06 bits per heavy atom. The maximum Gasteiger partial charge on any atom is 0.224 e. The van der Waals surface area contributed by atoms with Crippen molar-refractivity contribution in [3.63, 3.8) is 0 Å². The Bertz CT molecular complexity index is 513. The van der Waals surface area contributed by atoms with Crippen molar-refractivity contribution in [2.75, 3.05) is 5.32 Å². The first-order chi connectivity index (χ1) is 8.79. The van der Waals surface area contributed by atoms with Gasteiger partial charge in [0.25, 0.3) is 0 Å². The standard InChI is InChI=1S/C11H12N6O/c1-2-3-10(18)15-8-4-5-9(12-6-8)11-16-13-7-14-17-11/h4-7H,2-3H2,1H3,(H,15,18). The van der Waals surface area contributed by atoms with Crippen LogP contribution in [-0.4, -0.2) is 31.3 Å². The van der Waals surface area contributed by atoms with Gasteiger partial charge < -0.3 is 5.32 Å². The number of carbonyl (C=O) groups is 1. The SMILES string of the molecule is CCCC(=O)Nc1ccc(-c2nncnn2)nc1. The first-order valence-corrected chi connectivity index (χ1v) is 5.56. The van der Waals surface area contributed by atoms with Crippen molar-refractivity contribution in [2.24, 2.45) is 0 Å². The molecule has 0 aliphatic rings. The van der Waals surface area contributed by atoms with Gasteiger partial charge in [0.05, 0.1) is 11.9 Å². The summed E-state index contributed by atoms with van der Waals surface area (Å²) in [6.45, 7) is 1.95. The van der Waals surface area contributed by atoms with E-state index >= 15 is 0 Å². The maximum absolute atomic E-state index is 11.4. The average Bonchev–Trinajstić information content (AvgIpc) is 2.41. The summed E-state index contributed by atoms with van der Waals surface area (Å²) in [6, 6.07) is 3.45. The van der Waals surface area contributed by atoms with E-state index in [1.165, 1.54) is 6.33 Å². The zero-order valence-corrected chi connectivity index (χ0v) is 9.87. The smallest absolute Gasteiger partial charge is 0.224 e. The molecule has 7 heteroatoms. The fourth-order valence-electron chi connectivity index (χ4n) is 1.36. The first kappa shape index (κ1) is 12.0. The molecule has 0 aliphatic carbocycles. The lowest BCUT2D eigenvalue weighted by Gasteiger charge is -2.04. The van der Waals surface area contributed by atoms with Crippen molar-refractivity contribution < 1.29 is 4.79 Å². The van der Waals surface area contributed by atoms with Crippen molar-refractivity contribution in [3.05, 3.63) is 24.7 Å². The molecule has 2 heterocycles. The van der Waals surface area contributed by atoms with Crippen molar-refractivity contribution in [3.8, 4) is 11.5 Å². The summed E-state index contributed by atoms with van der Waals surface area (Å²) in [6.07, 6.45) is 4.12. The number of anilines is 1. The minimum Gasteiger partial charge on any atom is -0.325 e. The fourth-order valence-corrected chi connectivity index (χ4v) is 1.36. The van der Waals surface area contributed by atoms with Gasteiger partial charge in [0, 0.05) is 6.42 Å². The van der Waals surface area contributed by atoms with E-state index in [9.17, 15) is 4.79 Å². The van der Waals surface area contributed by atoms with Crippen LogP contribution in [0, 0.1) is 0 Å². The van der Waals surface area contributed by atoms with E-state index in [0.717, 1.165) is 6.42 Å². The lowest BCUT2D eigenvalue weighted by molar-refractivity contribution is -0.116. The predicted octanol–water partition coefficient (Wildman–Crippen LogP) is 1.07. The second kappa shape index (κ2) is 5.76. The molecule has 0 saturated carbocycles. The molecule has 0 radical (unpaired) electrons. The van der Waals surface area contributed by atoms with Gasteiger partial charge in [0.1, 0.15) is 5.69 Å². The van der Waals surface area contributed by atoms with E-state index in [-0.39, 0.29) is 5.91 Å². The quantitative estimate of drug-likeness (QED) is 0.864. The van der Waals surface area contributed by atoms with Crippen molar-refractivity contribution in [1.29, 1.82) is 0 Å². The molecule has 0 fully saturated rings. The van der Waals surface area contributed by atoms with Gasteiger partial charge in [-0.15, -0.1) is 20.4 Å². The van der Waals surface area contributed by atoms with Crippen LogP contribution in [0.2, 0.25) is 0 Å². The zero-order valence-electron chi connectivity index (χ0n) is 9.87. The predicted molar refractivity (Wildman–Crippen MR) is 64.4 cm³/mol.